The van der Waals surface area contributed by atoms with E-state index in [4.69, 9.17) is 4.74 Å². The number of urea groups is 1. The van der Waals surface area contributed by atoms with Gasteiger partial charge in [-0.15, -0.1) is 12.4 Å². The fraction of sp³-hybridized carbons (Fsp3) is 0.677. The highest BCUT2D eigenvalue weighted by Gasteiger charge is 2.57. The zero-order valence-corrected chi connectivity index (χ0v) is 24.8. The Balaban J connectivity index is 0.00000353. The second-order valence-corrected chi connectivity index (χ2v) is 12.4. The van der Waals surface area contributed by atoms with Crippen LogP contribution in [0.25, 0.3) is 0 Å². The van der Waals surface area contributed by atoms with Crippen LogP contribution in [0.2, 0.25) is 0 Å². The molecule has 1 aromatic rings. The molecule has 3 atom stereocenters. The summed E-state index contributed by atoms with van der Waals surface area (Å²) in [5.74, 6) is 0.471. The molecule has 4 fully saturated rings. The Morgan fingerprint density at radius 2 is 1.74 bits per heavy atom. The lowest BCUT2D eigenvalue weighted by Crippen LogP contribution is -2.60. The van der Waals surface area contributed by atoms with Gasteiger partial charge in [0.15, 0.2) is 0 Å². The number of nitrogens with zero attached hydrogens (tertiary/aromatic N) is 3. The third kappa shape index (κ3) is 6.31. The molecule has 4 aliphatic heterocycles. The number of ether oxygens (including phenoxy) is 1. The van der Waals surface area contributed by atoms with E-state index in [1.165, 1.54) is 12.8 Å². The van der Waals surface area contributed by atoms with Crippen LogP contribution >= 0.6 is 12.4 Å². The number of amides is 3. The molecule has 4 heterocycles. The number of carbonyl (C=O) groups is 2. The van der Waals surface area contributed by atoms with Crippen LogP contribution in [-0.2, 0) is 9.53 Å². The number of carbonyl (C=O) groups excluding carboxylic acids is 2. The molecule has 2 unspecified atom stereocenters. The summed E-state index contributed by atoms with van der Waals surface area (Å²) in [4.78, 5) is 33.3. The van der Waals surface area contributed by atoms with E-state index in [1.807, 2.05) is 18.2 Å². The number of rotatable bonds is 9. The predicted molar refractivity (Wildman–Crippen MR) is 157 cm³/mol. The number of nitrogens with one attached hydrogen (secondary N) is 1. The topological polar surface area (TPSA) is 65.1 Å². The first-order chi connectivity index (χ1) is 18.3. The fourth-order valence-electron chi connectivity index (χ4n) is 7.68. The van der Waals surface area contributed by atoms with Gasteiger partial charge in [-0.2, -0.15) is 0 Å². The highest BCUT2D eigenvalue weighted by Crippen LogP contribution is 2.48. The van der Waals surface area contributed by atoms with Crippen LogP contribution in [0.5, 0.6) is 0 Å². The summed E-state index contributed by atoms with van der Waals surface area (Å²) in [6.45, 7) is 14.3. The number of hydrogen-bond donors (Lipinski definition) is 1. The average molecular weight is 559 g/mol. The van der Waals surface area contributed by atoms with Crippen molar-refractivity contribution >= 4 is 24.3 Å². The zero-order valence-electron chi connectivity index (χ0n) is 23.9. The first-order valence-corrected chi connectivity index (χ1v) is 14.7. The summed E-state index contributed by atoms with van der Waals surface area (Å²) in [5.41, 5.74) is 1.61. The summed E-state index contributed by atoms with van der Waals surface area (Å²) in [6, 6.07) is 11.7. The van der Waals surface area contributed by atoms with Gasteiger partial charge in [0.25, 0.3) is 0 Å². The molecule has 0 saturated carbocycles. The van der Waals surface area contributed by atoms with Crippen molar-refractivity contribution in [2.45, 2.75) is 95.4 Å². The number of hydrogen-bond acceptors (Lipinski definition) is 4. The lowest BCUT2D eigenvalue weighted by molar-refractivity contribution is -0.118. The molecular formula is C31H47ClN4O3. The molecule has 216 valence electrons. The molecular weight excluding hydrogens is 512 g/mol. The van der Waals surface area contributed by atoms with E-state index in [2.05, 4.69) is 52.6 Å². The number of fused-ring (bicyclic) bond motifs is 2. The van der Waals surface area contributed by atoms with Crippen molar-refractivity contribution in [3.05, 3.63) is 48.0 Å². The van der Waals surface area contributed by atoms with E-state index in [1.54, 1.807) is 6.92 Å². The number of piperidine rings is 1. The number of benzene rings is 1. The van der Waals surface area contributed by atoms with E-state index in [0.717, 1.165) is 70.5 Å². The minimum atomic E-state index is -0.0823. The molecule has 1 spiro atoms. The van der Waals surface area contributed by atoms with Gasteiger partial charge < -0.3 is 19.9 Å². The third-order valence-electron chi connectivity index (χ3n) is 9.38. The van der Waals surface area contributed by atoms with Gasteiger partial charge in [0.2, 0.25) is 5.91 Å². The highest BCUT2D eigenvalue weighted by atomic mass is 35.5. The van der Waals surface area contributed by atoms with Crippen LogP contribution in [-0.4, -0.2) is 83.2 Å². The normalized spacial score (nSPS) is 28.2. The van der Waals surface area contributed by atoms with Crippen molar-refractivity contribution in [1.29, 1.82) is 0 Å². The molecule has 1 N–H and O–H groups in total. The molecule has 2 bridgehead atoms. The molecule has 0 aromatic heterocycles. The van der Waals surface area contributed by atoms with Crippen LogP contribution in [0.15, 0.2) is 42.5 Å². The Morgan fingerprint density at radius 3 is 2.33 bits per heavy atom. The van der Waals surface area contributed by atoms with Gasteiger partial charge in [-0.1, -0.05) is 36.9 Å². The Morgan fingerprint density at radius 1 is 1.10 bits per heavy atom. The van der Waals surface area contributed by atoms with E-state index in [-0.39, 0.29) is 42.0 Å². The Hall–Kier alpha value is -2.09. The second kappa shape index (κ2) is 12.6. The van der Waals surface area contributed by atoms with Crippen LogP contribution in [0, 0.1) is 5.92 Å². The molecule has 8 heteroatoms. The SMILES string of the molecule is C=C(C)C(=O)N[C@@H](CCN1C2CCC1CC1(C2)CN(CC2CCOCC2)C(=O)N1C(C)C)c1ccccc1.Cl. The van der Waals surface area contributed by atoms with Gasteiger partial charge >= 0.3 is 6.03 Å². The average Bonchev–Trinajstić information content (AvgIpc) is 3.30. The monoisotopic (exact) mass is 558 g/mol. The second-order valence-electron chi connectivity index (χ2n) is 12.4. The largest absolute Gasteiger partial charge is 0.381 e. The smallest absolute Gasteiger partial charge is 0.320 e. The fourth-order valence-corrected chi connectivity index (χ4v) is 7.68. The molecule has 0 aliphatic carbocycles. The predicted octanol–water partition coefficient (Wildman–Crippen LogP) is 5.17. The molecule has 5 rings (SSSR count). The van der Waals surface area contributed by atoms with Crippen molar-refractivity contribution in [1.82, 2.24) is 20.0 Å². The van der Waals surface area contributed by atoms with Gasteiger partial charge in [0.05, 0.1) is 11.6 Å². The maximum absolute atomic E-state index is 13.7. The van der Waals surface area contributed by atoms with Crippen molar-refractivity contribution in [3.8, 4) is 0 Å². The molecule has 3 amide bonds. The quantitative estimate of drug-likeness (QED) is 0.425. The summed E-state index contributed by atoms with van der Waals surface area (Å²) in [7, 11) is 0. The van der Waals surface area contributed by atoms with Crippen molar-refractivity contribution in [2.24, 2.45) is 5.92 Å². The molecule has 39 heavy (non-hydrogen) atoms. The zero-order chi connectivity index (χ0) is 26.9. The van der Waals surface area contributed by atoms with Gasteiger partial charge in [-0.3, -0.25) is 9.69 Å². The minimum Gasteiger partial charge on any atom is -0.381 e. The molecule has 1 aromatic carbocycles. The lowest BCUT2D eigenvalue weighted by Gasteiger charge is -2.49. The van der Waals surface area contributed by atoms with Crippen molar-refractivity contribution in [3.63, 3.8) is 0 Å². The van der Waals surface area contributed by atoms with E-state index < -0.39 is 0 Å². The van der Waals surface area contributed by atoms with Gasteiger partial charge in [0, 0.05) is 56.5 Å². The standard InChI is InChI=1S/C31H46N4O3.ClH/c1-22(2)29(36)32-28(25-8-6-5-7-9-25)12-15-34-26-10-11-27(34)19-31(18-26)21-33(30(37)35(31)23(3)4)20-24-13-16-38-17-14-24;/h5-9,23-24,26-28H,1,10-21H2,2-4H3,(H,32,36);1H/t26?,27?,28-,31?;/m0./s1. The maximum Gasteiger partial charge on any atom is 0.320 e. The summed E-state index contributed by atoms with van der Waals surface area (Å²) in [5, 5.41) is 3.21. The molecule has 0 radical (unpaired) electrons. The molecule has 7 nitrogen and oxygen atoms in total. The summed E-state index contributed by atoms with van der Waals surface area (Å²) in [6.07, 6.45) is 7.47. The molecule has 4 saturated heterocycles. The number of halogens is 1. The summed E-state index contributed by atoms with van der Waals surface area (Å²) < 4.78 is 5.56. The van der Waals surface area contributed by atoms with Crippen LogP contribution in [0.1, 0.15) is 77.3 Å². The van der Waals surface area contributed by atoms with Gasteiger partial charge in [0.1, 0.15) is 0 Å². The van der Waals surface area contributed by atoms with Gasteiger partial charge in [-0.05, 0) is 77.2 Å². The van der Waals surface area contributed by atoms with Gasteiger partial charge in [-0.25, -0.2) is 4.79 Å². The molecule has 4 aliphatic rings. The highest BCUT2D eigenvalue weighted by molar-refractivity contribution is 5.92. The van der Waals surface area contributed by atoms with E-state index in [9.17, 15) is 9.59 Å². The first kappa shape index (κ1) is 29.9. The van der Waals surface area contributed by atoms with Crippen molar-refractivity contribution in [2.75, 3.05) is 32.8 Å². The third-order valence-corrected chi connectivity index (χ3v) is 9.38. The Labute approximate surface area is 240 Å². The van der Waals surface area contributed by atoms with Crippen LogP contribution in [0.4, 0.5) is 4.79 Å². The lowest BCUT2D eigenvalue weighted by atomic mass is 9.81. The Kier molecular flexibility index (Phi) is 9.66. The van der Waals surface area contributed by atoms with Crippen LogP contribution < -0.4 is 5.32 Å². The maximum atomic E-state index is 13.7. The Bertz CT molecular complexity index is 998. The van der Waals surface area contributed by atoms with E-state index in [0.29, 0.717) is 23.6 Å². The first-order valence-electron chi connectivity index (χ1n) is 14.7. The van der Waals surface area contributed by atoms with Crippen LogP contribution in [0.3, 0.4) is 0 Å². The van der Waals surface area contributed by atoms with E-state index >= 15 is 0 Å². The minimum absolute atomic E-state index is 0. The summed E-state index contributed by atoms with van der Waals surface area (Å²) >= 11 is 0. The van der Waals surface area contributed by atoms with Crippen molar-refractivity contribution < 1.29 is 14.3 Å².